The molecule has 6 nitrogen and oxygen atoms in total. The lowest BCUT2D eigenvalue weighted by atomic mass is 10.2. The maximum Gasteiger partial charge on any atom is 0.293 e. The summed E-state index contributed by atoms with van der Waals surface area (Å²) < 4.78 is 3.32. The zero-order chi connectivity index (χ0) is 17.6. The van der Waals surface area contributed by atoms with Crippen LogP contribution in [0.4, 0.5) is 0 Å². The van der Waals surface area contributed by atoms with Crippen molar-refractivity contribution in [2.75, 3.05) is 0 Å². The summed E-state index contributed by atoms with van der Waals surface area (Å²) in [6, 6.07) is 13.4. The number of nitrogens with zero attached hydrogens (tertiary/aromatic N) is 4. The number of carbonyl (C=O) groups excluding carboxylic acids is 1. The van der Waals surface area contributed by atoms with E-state index in [1.54, 1.807) is 23.1 Å². The van der Waals surface area contributed by atoms with Crippen LogP contribution in [0, 0.1) is 0 Å². The molecule has 3 rings (SSSR count). The van der Waals surface area contributed by atoms with Crippen LogP contribution in [0.3, 0.4) is 0 Å². The molecule has 25 heavy (non-hydrogen) atoms. The first kappa shape index (κ1) is 17.5. The molecule has 1 amide bonds. The molecule has 0 aliphatic heterocycles. The van der Waals surface area contributed by atoms with Crippen LogP contribution in [-0.2, 0) is 6.54 Å². The van der Waals surface area contributed by atoms with Gasteiger partial charge in [0.2, 0.25) is 0 Å². The van der Waals surface area contributed by atoms with Gasteiger partial charge in [-0.1, -0.05) is 34.1 Å². The fourth-order valence-electron chi connectivity index (χ4n) is 2.07. The van der Waals surface area contributed by atoms with Gasteiger partial charge in [0.25, 0.3) is 5.91 Å². The van der Waals surface area contributed by atoms with Crippen molar-refractivity contribution in [2.45, 2.75) is 6.54 Å². The van der Waals surface area contributed by atoms with E-state index in [-0.39, 0.29) is 5.69 Å². The zero-order valence-corrected chi connectivity index (χ0v) is 16.1. The molecule has 1 aromatic carbocycles. The number of rotatable bonds is 5. The summed E-state index contributed by atoms with van der Waals surface area (Å²) in [5, 5.41) is 8.21. The van der Waals surface area contributed by atoms with Gasteiger partial charge in [-0.2, -0.15) is 10.2 Å². The molecule has 2 heterocycles. The van der Waals surface area contributed by atoms with Crippen molar-refractivity contribution in [3.8, 4) is 0 Å². The Bertz CT molecular complexity index is 891. The number of hydrogen-bond donors (Lipinski definition) is 1. The molecule has 3 aromatic rings. The van der Waals surface area contributed by atoms with Gasteiger partial charge in [0.05, 0.1) is 22.9 Å². The van der Waals surface area contributed by atoms with Crippen molar-refractivity contribution in [2.24, 2.45) is 5.10 Å². The smallest absolute Gasteiger partial charge is 0.266 e. The molecule has 0 fully saturated rings. The molecular weight excluding hydrogens is 450 g/mol. The van der Waals surface area contributed by atoms with Crippen molar-refractivity contribution >= 4 is 44.0 Å². The first-order chi connectivity index (χ1) is 12.1. The minimum atomic E-state index is -0.395. The highest BCUT2D eigenvalue weighted by molar-refractivity contribution is 9.10. The van der Waals surface area contributed by atoms with E-state index >= 15 is 0 Å². The molecule has 0 unspecified atom stereocenters. The summed E-state index contributed by atoms with van der Waals surface area (Å²) in [6.07, 6.45) is 4.90. The van der Waals surface area contributed by atoms with Gasteiger partial charge < -0.3 is 0 Å². The third-order valence-electron chi connectivity index (χ3n) is 3.24. The molecular formula is C17H13Br2N5O. The zero-order valence-electron chi connectivity index (χ0n) is 12.9. The minimum absolute atomic E-state index is 0.273. The number of benzene rings is 1. The van der Waals surface area contributed by atoms with Crippen LogP contribution >= 0.6 is 31.9 Å². The number of amides is 1. The highest BCUT2D eigenvalue weighted by Gasteiger charge is 2.14. The molecule has 0 saturated carbocycles. The Balaban J connectivity index is 1.66. The summed E-state index contributed by atoms with van der Waals surface area (Å²) in [5.74, 6) is -0.395. The summed E-state index contributed by atoms with van der Waals surface area (Å²) in [6.45, 7) is 0.566. The molecule has 126 valence electrons. The Morgan fingerprint density at radius 1 is 1.20 bits per heavy atom. The second kappa shape index (κ2) is 8.17. The predicted molar refractivity (Wildman–Crippen MR) is 102 cm³/mol. The molecule has 0 aliphatic carbocycles. The quantitative estimate of drug-likeness (QED) is 0.465. The van der Waals surface area contributed by atoms with E-state index in [1.165, 1.54) is 6.21 Å². The van der Waals surface area contributed by atoms with Crippen molar-refractivity contribution in [1.29, 1.82) is 0 Å². The van der Waals surface area contributed by atoms with Crippen LogP contribution < -0.4 is 5.43 Å². The summed E-state index contributed by atoms with van der Waals surface area (Å²) in [4.78, 5) is 16.3. The topological polar surface area (TPSA) is 72.2 Å². The SMILES string of the molecule is O=C(NN=Cc1ccccn1)c1nn(Cc2ccc(Br)cc2)cc1Br. The number of nitrogens with one attached hydrogen (secondary N) is 1. The lowest BCUT2D eigenvalue weighted by Gasteiger charge is -2.02. The van der Waals surface area contributed by atoms with E-state index in [4.69, 9.17) is 0 Å². The van der Waals surface area contributed by atoms with Gasteiger partial charge in [-0.25, -0.2) is 5.43 Å². The van der Waals surface area contributed by atoms with Crippen LogP contribution in [0.25, 0.3) is 0 Å². The van der Waals surface area contributed by atoms with Gasteiger partial charge in [0, 0.05) is 16.9 Å². The molecule has 0 saturated heterocycles. The second-order valence-corrected chi connectivity index (χ2v) is 6.87. The van der Waals surface area contributed by atoms with E-state index < -0.39 is 5.91 Å². The average Bonchev–Trinajstić information content (AvgIpc) is 2.98. The van der Waals surface area contributed by atoms with Crippen LogP contribution in [-0.4, -0.2) is 26.9 Å². The highest BCUT2D eigenvalue weighted by atomic mass is 79.9. The minimum Gasteiger partial charge on any atom is -0.266 e. The van der Waals surface area contributed by atoms with Crippen molar-refractivity contribution in [3.63, 3.8) is 0 Å². The normalized spacial score (nSPS) is 11.0. The Morgan fingerprint density at radius 2 is 2.00 bits per heavy atom. The molecule has 8 heteroatoms. The number of carbonyl (C=O) groups is 1. The average molecular weight is 463 g/mol. The highest BCUT2D eigenvalue weighted by Crippen LogP contribution is 2.17. The van der Waals surface area contributed by atoms with Gasteiger partial charge in [0.1, 0.15) is 0 Å². The van der Waals surface area contributed by atoms with Gasteiger partial charge in [-0.15, -0.1) is 0 Å². The van der Waals surface area contributed by atoms with Gasteiger partial charge >= 0.3 is 0 Å². The molecule has 2 aromatic heterocycles. The van der Waals surface area contributed by atoms with Crippen molar-refractivity contribution in [1.82, 2.24) is 20.2 Å². The number of hydrogen-bond acceptors (Lipinski definition) is 4. The van der Waals surface area contributed by atoms with E-state index in [0.29, 0.717) is 16.7 Å². The Hall–Kier alpha value is -2.32. The third kappa shape index (κ3) is 4.83. The first-order valence-corrected chi connectivity index (χ1v) is 8.92. The summed E-state index contributed by atoms with van der Waals surface area (Å²) in [7, 11) is 0. The van der Waals surface area contributed by atoms with Gasteiger partial charge in [-0.3, -0.25) is 14.5 Å². The third-order valence-corrected chi connectivity index (χ3v) is 4.35. The summed E-state index contributed by atoms with van der Waals surface area (Å²) >= 11 is 6.77. The molecule has 0 radical (unpaired) electrons. The fourth-order valence-corrected chi connectivity index (χ4v) is 2.83. The van der Waals surface area contributed by atoms with Crippen LogP contribution in [0.15, 0.2) is 68.9 Å². The monoisotopic (exact) mass is 461 g/mol. The maximum absolute atomic E-state index is 12.2. The molecule has 0 bridgehead atoms. The molecule has 0 aliphatic rings. The number of aromatic nitrogens is 3. The Labute approximate surface area is 161 Å². The van der Waals surface area contributed by atoms with E-state index in [9.17, 15) is 4.79 Å². The molecule has 0 spiro atoms. The second-order valence-electron chi connectivity index (χ2n) is 5.10. The number of halogens is 2. The lowest BCUT2D eigenvalue weighted by molar-refractivity contribution is 0.0948. The predicted octanol–water partition coefficient (Wildman–Crippen LogP) is 3.62. The van der Waals surface area contributed by atoms with E-state index in [2.05, 4.69) is 52.5 Å². The molecule has 0 atom stereocenters. The standard InChI is InChI=1S/C17H13Br2N5O/c18-13-6-4-12(5-7-13)10-24-11-15(19)16(23-24)17(25)22-21-9-14-3-1-2-8-20-14/h1-9,11H,10H2,(H,22,25). The summed E-state index contributed by atoms with van der Waals surface area (Å²) in [5.41, 5.74) is 4.46. The number of hydrazone groups is 1. The number of pyridine rings is 1. The van der Waals surface area contributed by atoms with Gasteiger partial charge in [0.15, 0.2) is 5.69 Å². The Kier molecular flexibility index (Phi) is 5.72. The van der Waals surface area contributed by atoms with Gasteiger partial charge in [-0.05, 0) is 45.8 Å². The largest absolute Gasteiger partial charge is 0.293 e. The lowest BCUT2D eigenvalue weighted by Crippen LogP contribution is -2.19. The van der Waals surface area contributed by atoms with E-state index in [0.717, 1.165) is 10.0 Å². The van der Waals surface area contributed by atoms with Crippen molar-refractivity contribution < 1.29 is 4.79 Å². The van der Waals surface area contributed by atoms with E-state index in [1.807, 2.05) is 36.4 Å². The van der Waals surface area contributed by atoms with Crippen LogP contribution in [0.5, 0.6) is 0 Å². The van der Waals surface area contributed by atoms with Crippen LogP contribution in [0.1, 0.15) is 21.7 Å². The fraction of sp³-hybridized carbons (Fsp3) is 0.0588. The maximum atomic E-state index is 12.2. The molecule has 1 N–H and O–H groups in total. The van der Waals surface area contributed by atoms with Crippen molar-refractivity contribution in [3.05, 3.63) is 80.8 Å². The first-order valence-electron chi connectivity index (χ1n) is 7.33. The Morgan fingerprint density at radius 3 is 2.72 bits per heavy atom. The van der Waals surface area contributed by atoms with Crippen LogP contribution in [0.2, 0.25) is 0 Å².